The van der Waals surface area contributed by atoms with E-state index in [2.05, 4.69) is 36.1 Å². The van der Waals surface area contributed by atoms with Gasteiger partial charge in [-0.05, 0) is 25.3 Å². The number of nitrogens with zero attached hydrogens (tertiary/aromatic N) is 1. The van der Waals surface area contributed by atoms with Crippen molar-refractivity contribution in [3.63, 3.8) is 0 Å². The monoisotopic (exact) mass is 277 g/mol. The second kappa shape index (κ2) is 6.86. The van der Waals surface area contributed by atoms with Gasteiger partial charge in [-0.2, -0.15) is 0 Å². The zero-order chi connectivity index (χ0) is 14.5. The first-order valence-corrected chi connectivity index (χ1v) is 7.15. The van der Waals surface area contributed by atoms with E-state index < -0.39 is 0 Å². The van der Waals surface area contributed by atoms with Crippen molar-refractivity contribution < 1.29 is 14.6 Å². The van der Waals surface area contributed by atoms with Crippen LogP contribution < -0.4 is 0 Å². The van der Waals surface area contributed by atoms with Crippen LogP contribution in [0.5, 0.6) is 0 Å². The summed E-state index contributed by atoms with van der Waals surface area (Å²) in [6, 6.07) is 8.76. The predicted molar refractivity (Wildman–Crippen MR) is 77.3 cm³/mol. The zero-order valence-electron chi connectivity index (χ0n) is 12.2. The van der Waals surface area contributed by atoms with Crippen LogP contribution in [0.1, 0.15) is 30.9 Å². The minimum Gasteiger partial charge on any atom is -0.464 e. The maximum Gasteiger partial charge on any atom is 0.302 e. The fraction of sp³-hybridized carbons (Fsp3) is 0.562. The fourth-order valence-corrected chi connectivity index (χ4v) is 2.88. The largest absolute Gasteiger partial charge is 0.464 e. The number of likely N-dealkylation sites (tertiary alicyclic amines) is 1. The van der Waals surface area contributed by atoms with Gasteiger partial charge < -0.3 is 9.84 Å². The minimum atomic E-state index is -0.243. The number of carbonyl (C=O) groups is 1. The number of hydrogen-bond acceptors (Lipinski definition) is 4. The molecule has 1 heterocycles. The van der Waals surface area contributed by atoms with Crippen molar-refractivity contribution in [1.82, 2.24) is 4.90 Å². The molecule has 0 spiro atoms. The number of esters is 1. The number of aryl methyl sites for hydroxylation is 1. The van der Waals surface area contributed by atoms with Crippen LogP contribution in [-0.2, 0) is 16.1 Å². The molecule has 4 nitrogen and oxygen atoms in total. The van der Waals surface area contributed by atoms with E-state index in [0.29, 0.717) is 6.61 Å². The summed E-state index contributed by atoms with van der Waals surface area (Å²) in [6.45, 7) is 4.87. The molecule has 20 heavy (non-hydrogen) atoms. The Morgan fingerprint density at radius 1 is 1.40 bits per heavy atom. The molecular formula is C16H23NO3. The Bertz CT molecular complexity index is 461. The molecule has 1 N–H and O–H groups in total. The molecule has 0 aliphatic carbocycles. The molecule has 2 atom stereocenters. The van der Waals surface area contributed by atoms with Crippen LogP contribution in [0.3, 0.4) is 0 Å². The molecule has 110 valence electrons. The summed E-state index contributed by atoms with van der Waals surface area (Å²) in [4.78, 5) is 13.2. The third kappa shape index (κ3) is 3.81. The predicted octanol–water partition coefficient (Wildman–Crippen LogP) is 1.88. The number of carbonyl (C=O) groups excluding carboxylic acids is 1. The van der Waals surface area contributed by atoms with E-state index in [1.54, 1.807) is 0 Å². The second-order valence-corrected chi connectivity index (χ2v) is 5.53. The van der Waals surface area contributed by atoms with E-state index in [1.165, 1.54) is 18.1 Å². The first-order chi connectivity index (χ1) is 9.60. The standard InChI is InChI=1S/C16H23NO3/c1-12-4-3-5-14(8-12)9-17-15(10-18)6-7-16(17)11-20-13(2)19/h3-5,8,15-16,18H,6-7,9-11H2,1-2H3. The summed E-state index contributed by atoms with van der Waals surface area (Å²) in [5, 5.41) is 9.51. The molecule has 0 saturated carbocycles. The van der Waals surface area contributed by atoms with Crippen molar-refractivity contribution in [1.29, 1.82) is 0 Å². The summed E-state index contributed by atoms with van der Waals surface area (Å²) in [6.07, 6.45) is 1.92. The normalized spacial score (nSPS) is 22.9. The van der Waals surface area contributed by atoms with Gasteiger partial charge >= 0.3 is 5.97 Å². The van der Waals surface area contributed by atoms with E-state index in [4.69, 9.17) is 4.74 Å². The van der Waals surface area contributed by atoms with Gasteiger partial charge in [0.25, 0.3) is 0 Å². The second-order valence-electron chi connectivity index (χ2n) is 5.53. The van der Waals surface area contributed by atoms with Crippen LogP contribution in [0.15, 0.2) is 24.3 Å². The highest BCUT2D eigenvalue weighted by Crippen LogP contribution is 2.26. The van der Waals surface area contributed by atoms with Gasteiger partial charge in [0.05, 0.1) is 6.61 Å². The fourth-order valence-electron chi connectivity index (χ4n) is 2.88. The lowest BCUT2D eigenvalue weighted by atomic mass is 10.1. The van der Waals surface area contributed by atoms with Gasteiger partial charge in [-0.1, -0.05) is 29.8 Å². The molecule has 4 heteroatoms. The van der Waals surface area contributed by atoms with E-state index in [0.717, 1.165) is 19.4 Å². The molecule has 2 rings (SSSR count). The Kier molecular flexibility index (Phi) is 5.15. The molecule has 0 amide bonds. The highest BCUT2D eigenvalue weighted by Gasteiger charge is 2.33. The number of rotatable bonds is 5. The number of aliphatic hydroxyl groups is 1. The van der Waals surface area contributed by atoms with Crippen molar-refractivity contribution in [3.8, 4) is 0 Å². The van der Waals surface area contributed by atoms with Crippen LogP contribution in [0, 0.1) is 6.92 Å². The van der Waals surface area contributed by atoms with Crippen LogP contribution in [0.4, 0.5) is 0 Å². The van der Waals surface area contributed by atoms with Crippen molar-refractivity contribution >= 4 is 5.97 Å². The van der Waals surface area contributed by atoms with Crippen molar-refractivity contribution in [2.24, 2.45) is 0 Å². The third-order valence-corrected chi connectivity index (χ3v) is 3.91. The highest BCUT2D eigenvalue weighted by atomic mass is 16.5. The minimum absolute atomic E-state index is 0.155. The number of hydrogen-bond donors (Lipinski definition) is 1. The van der Waals surface area contributed by atoms with E-state index in [9.17, 15) is 9.90 Å². The molecule has 0 bridgehead atoms. The Morgan fingerprint density at radius 3 is 2.80 bits per heavy atom. The van der Waals surface area contributed by atoms with Gasteiger partial charge in [0.15, 0.2) is 0 Å². The third-order valence-electron chi connectivity index (χ3n) is 3.91. The van der Waals surface area contributed by atoms with Crippen LogP contribution in [0.2, 0.25) is 0 Å². The Labute approximate surface area is 120 Å². The molecule has 1 saturated heterocycles. The quantitative estimate of drug-likeness (QED) is 0.835. The van der Waals surface area contributed by atoms with Gasteiger partial charge in [-0.15, -0.1) is 0 Å². The average molecular weight is 277 g/mol. The number of aliphatic hydroxyl groups excluding tert-OH is 1. The van der Waals surface area contributed by atoms with Gasteiger partial charge in [-0.25, -0.2) is 0 Å². The van der Waals surface area contributed by atoms with Crippen LogP contribution in [-0.4, -0.2) is 41.3 Å². The molecular weight excluding hydrogens is 254 g/mol. The maximum atomic E-state index is 11.0. The zero-order valence-corrected chi connectivity index (χ0v) is 12.2. The van der Waals surface area contributed by atoms with Gasteiger partial charge in [-0.3, -0.25) is 9.69 Å². The Morgan fingerprint density at radius 2 is 2.15 bits per heavy atom. The summed E-state index contributed by atoms with van der Waals surface area (Å²) in [5.41, 5.74) is 2.47. The van der Waals surface area contributed by atoms with E-state index in [1.807, 2.05) is 0 Å². The molecule has 1 aromatic carbocycles. The smallest absolute Gasteiger partial charge is 0.302 e. The molecule has 1 aliphatic heterocycles. The molecule has 2 unspecified atom stereocenters. The summed E-state index contributed by atoms with van der Waals surface area (Å²) >= 11 is 0. The Hall–Kier alpha value is -1.39. The van der Waals surface area contributed by atoms with Crippen molar-refractivity contribution in [2.75, 3.05) is 13.2 Å². The van der Waals surface area contributed by atoms with Crippen LogP contribution in [0.25, 0.3) is 0 Å². The topological polar surface area (TPSA) is 49.8 Å². The highest BCUT2D eigenvalue weighted by molar-refractivity contribution is 5.65. The van der Waals surface area contributed by atoms with Gasteiger partial charge in [0, 0.05) is 25.6 Å². The lowest BCUT2D eigenvalue weighted by Crippen LogP contribution is -2.40. The summed E-state index contributed by atoms with van der Waals surface area (Å²) in [7, 11) is 0. The Balaban J connectivity index is 2.05. The maximum absolute atomic E-state index is 11.0. The van der Waals surface area contributed by atoms with Crippen LogP contribution >= 0.6 is 0 Å². The van der Waals surface area contributed by atoms with Gasteiger partial charge in [0.2, 0.25) is 0 Å². The van der Waals surface area contributed by atoms with Crippen molar-refractivity contribution in [2.45, 2.75) is 45.3 Å². The van der Waals surface area contributed by atoms with E-state index in [-0.39, 0.29) is 24.7 Å². The summed E-state index contributed by atoms with van der Waals surface area (Å²) in [5.74, 6) is -0.243. The lowest BCUT2D eigenvalue weighted by molar-refractivity contribution is -0.142. The molecule has 0 radical (unpaired) electrons. The molecule has 1 fully saturated rings. The number of benzene rings is 1. The molecule has 1 aromatic rings. The molecule has 0 aromatic heterocycles. The first kappa shape index (κ1) is 15.0. The number of ether oxygens (including phenoxy) is 1. The molecule has 1 aliphatic rings. The first-order valence-electron chi connectivity index (χ1n) is 7.15. The van der Waals surface area contributed by atoms with Gasteiger partial charge in [0.1, 0.15) is 6.61 Å². The summed E-state index contributed by atoms with van der Waals surface area (Å²) < 4.78 is 5.15. The van der Waals surface area contributed by atoms with Crippen molar-refractivity contribution in [3.05, 3.63) is 35.4 Å². The lowest BCUT2D eigenvalue weighted by Gasteiger charge is -2.29. The SMILES string of the molecule is CC(=O)OCC1CCC(CO)N1Cc1cccc(C)c1. The van der Waals surface area contributed by atoms with E-state index >= 15 is 0 Å². The average Bonchev–Trinajstić information content (AvgIpc) is 2.78.